The second-order valence-electron chi connectivity index (χ2n) is 7.08. The fourth-order valence-electron chi connectivity index (χ4n) is 3.76. The molecular formula is C26H20N2S2. The van der Waals surface area contributed by atoms with Crippen molar-refractivity contribution in [3.05, 3.63) is 113 Å². The fraction of sp³-hybridized carbons (Fsp3) is 0.0769. The summed E-state index contributed by atoms with van der Waals surface area (Å²) in [6.45, 7) is 2.18. The van der Waals surface area contributed by atoms with Crippen molar-refractivity contribution >= 4 is 33.3 Å². The summed E-state index contributed by atoms with van der Waals surface area (Å²) in [5, 5.41) is 2.35. The molecule has 0 fully saturated rings. The van der Waals surface area contributed by atoms with Gasteiger partial charge in [-0.3, -0.25) is 0 Å². The first kappa shape index (κ1) is 19.0. The van der Waals surface area contributed by atoms with Gasteiger partial charge in [0.15, 0.2) is 0 Å². The van der Waals surface area contributed by atoms with Crippen molar-refractivity contribution in [2.45, 2.75) is 17.2 Å². The van der Waals surface area contributed by atoms with Gasteiger partial charge in [-0.05, 0) is 23.6 Å². The van der Waals surface area contributed by atoms with Crippen LogP contribution in [0.15, 0.2) is 102 Å². The van der Waals surface area contributed by atoms with E-state index in [0.717, 1.165) is 15.2 Å². The van der Waals surface area contributed by atoms with E-state index in [0.29, 0.717) is 0 Å². The van der Waals surface area contributed by atoms with Crippen LogP contribution in [0.1, 0.15) is 21.3 Å². The van der Waals surface area contributed by atoms with Crippen molar-refractivity contribution < 1.29 is 0 Å². The van der Waals surface area contributed by atoms with Crippen LogP contribution in [0.4, 0.5) is 0 Å². The molecule has 3 aromatic carbocycles. The molecule has 2 aromatic heterocycles. The summed E-state index contributed by atoms with van der Waals surface area (Å²) in [7, 11) is 0. The van der Waals surface area contributed by atoms with Gasteiger partial charge in [0, 0.05) is 10.4 Å². The Morgan fingerprint density at radius 3 is 1.90 bits per heavy atom. The lowest BCUT2D eigenvalue weighted by Crippen LogP contribution is -1.98. The third-order valence-electron chi connectivity index (χ3n) is 5.13. The number of thioether (sulfide) groups is 1. The summed E-state index contributed by atoms with van der Waals surface area (Å²) in [6.07, 6.45) is 1.70. The van der Waals surface area contributed by atoms with E-state index in [-0.39, 0.29) is 5.25 Å². The average molecular weight is 425 g/mol. The van der Waals surface area contributed by atoms with Crippen molar-refractivity contribution in [3.8, 4) is 11.1 Å². The first-order valence-electron chi connectivity index (χ1n) is 9.87. The van der Waals surface area contributed by atoms with Gasteiger partial charge in [-0.2, -0.15) is 0 Å². The average Bonchev–Trinajstić information content (AvgIpc) is 3.15. The topological polar surface area (TPSA) is 25.8 Å². The van der Waals surface area contributed by atoms with Gasteiger partial charge < -0.3 is 0 Å². The minimum Gasteiger partial charge on any atom is -0.229 e. The number of fused-ring (bicyclic) bond motifs is 1. The van der Waals surface area contributed by atoms with E-state index in [1.54, 1.807) is 29.4 Å². The third kappa shape index (κ3) is 3.64. The quantitative estimate of drug-likeness (QED) is 0.215. The lowest BCUT2D eigenvalue weighted by molar-refractivity contribution is 1.08. The highest BCUT2D eigenvalue weighted by molar-refractivity contribution is 7.99. The van der Waals surface area contributed by atoms with E-state index in [2.05, 4.69) is 103 Å². The lowest BCUT2D eigenvalue weighted by atomic mass is 10.0. The molecule has 30 heavy (non-hydrogen) atoms. The molecule has 146 valence electrons. The summed E-state index contributed by atoms with van der Waals surface area (Å²) in [5.41, 5.74) is 5.01. The number of aryl methyl sites for hydroxylation is 1. The van der Waals surface area contributed by atoms with Crippen LogP contribution >= 0.6 is 23.1 Å². The molecule has 0 unspecified atom stereocenters. The van der Waals surface area contributed by atoms with Crippen LogP contribution in [-0.4, -0.2) is 9.97 Å². The second-order valence-corrected chi connectivity index (χ2v) is 9.37. The summed E-state index contributed by atoms with van der Waals surface area (Å²) in [6, 6.07) is 31.9. The highest BCUT2D eigenvalue weighted by Gasteiger charge is 2.22. The molecule has 0 amide bonds. The highest BCUT2D eigenvalue weighted by atomic mass is 32.2. The van der Waals surface area contributed by atoms with Crippen LogP contribution in [0.5, 0.6) is 0 Å². The molecule has 0 aliphatic heterocycles. The number of nitrogens with zero attached hydrogens (tertiary/aromatic N) is 2. The maximum Gasteiger partial charge on any atom is 0.128 e. The number of hydrogen-bond donors (Lipinski definition) is 0. The Morgan fingerprint density at radius 2 is 1.30 bits per heavy atom. The number of hydrogen-bond acceptors (Lipinski definition) is 4. The van der Waals surface area contributed by atoms with E-state index in [1.165, 1.54) is 27.1 Å². The summed E-state index contributed by atoms with van der Waals surface area (Å²) in [5.74, 6) is 0. The minimum atomic E-state index is 0.161. The largest absolute Gasteiger partial charge is 0.229 e. The lowest BCUT2D eigenvalue weighted by Gasteiger charge is -2.18. The Bertz CT molecular complexity index is 1230. The van der Waals surface area contributed by atoms with Gasteiger partial charge >= 0.3 is 0 Å². The summed E-state index contributed by atoms with van der Waals surface area (Å²) >= 11 is 3.54. The normalized spacial score (nSPS) is 11.3. The monoisotopic (exact) mass is 424 g/mol. The summed E-state index contributed by atoms with van der Waals surface area (Å²) < 4.78 is 0. The molecular weight excluding hydrogens is 404 g/mol. The fourth-order valence-corrected chi connectivity index (χ4v) is 6.07. The predicted octanol–water partition coefficient (Wildman–Crippen LogP) is 7.55. The number of thiophene rings is 1. The number of rotatable bonds is 5. The zero-order valence-corrected chi connectivity index (χ0v) is 18.2. The number of aromatic nitrogens is 2. The van der Waals surface area contributed by atoms with Crippen molar-refractivity contribution in [3.63, 3.8) is 0 Å². The molecule has 0 atom stereocenters. The van der Waals surface area contributed by atoms with E-state index in [1.807, 2.05) is 0 Å². The Kier molecular flexibility index (Phi) is 5.35. The van der Waals surface area contributed by atoms with Gasteiger partial charge in [0.25, 0.3) is 0 Å². The summed E-state index contributed by atoms with van der Waals surface area (Å²) in [4.78, 5) is 11.7. The molecule has 0 spiro atoms. The first-order chi connectivity index (χ1) is 14.8. The zero-order chi connectivity index (χ0) is 20.3. The molecule has 0 aliphatic rings. The van der Waals surface area contributed by atoms with Crippen LogP contribution in [0, 0.1) is 6.92 Å². The van der Waals surface area contributed by atoms with E-state index >= 15 is 0 Å². The Morgan fingerprint density at radius 1 is 0.733 bits per heavy atom. The molecule has 4 heteroatoms. The third-order valence-corrected chi connectivity index (χ3v) is 7.45. The standard InChI is InChI=1S/C26H20N2S2/c1-18-22(19-11-5-2-6-12-19)23-25(29-18)27-17-28-26(23)30-24(20-13-7-3-8-14-20)21-15-9-4-10-16-21/h2-17,24H,1H3. The van der Waals surface area contributed by atoms with Crippen molar-refractivity contribution in [2.24, 2.45) is 0 Å². The molecule has 2 nitrogen and oxygen atoms in total. The van der Waals surface area contributed by atoms with Gasteiger partial charge in [-0.1, -0.05) is 103 Å². The SMILES string of the molecule is Cc1sc2ncnc(SC(c3ccccc3)c3ccccc3)c2c1-c1ccccc1. The number of benzene rings is 3. The van der Waals surface area contributed by atoms with E-state index < -0.39 is 0 Å². The van der Waals surface area contributed by atoms with Crippen LogP contribution < -0.4 is 0 Å². The first-order valence-corrected chi connectivity index (χ1v) is 11.6. The molecule has 0 saturated carbocycles. The van der Waals surface area contributed by atoms with Crippen molar-refractivity contribution in [1.82, 2.24) is 9.97 Å². The Balaban J connectivity index is 1.67. The second kappa shape index (κ2) is 8.42. The van der Waals surface area contributed by atoms with E-state index in [4.69, 9.17) is 4.98 Å². The van der Waals surface area contributed by atoms with Gasteiger partial charge in [-0.15, -0.1) is 11.3 Å². The van der Waals surface area contributed by atoms with Gasteiger partial charge in [0.1, 0.15) is 16.2 Å². The molecule has 0 N–H and O–H groups in total. The molecule has 0 aliphatic carbocycles. The molecule has 0 radical (unpaired) electrons. The molecule has 0 bridgehead atoms. The van der Waals surface area contributed by atoms with Gasteiger partial charge in [0.2, 0.25) is 0 Å². The Hall–Kier alpha value is -2.95. The van der Waals surface area contributed by atoms with Crippen molar-refractivity contribution in [1.29, 1.82) is 0 Å². The van der Waals surface area contributed by atoms with Crippen LogP contribution in [0.3, 0.4) is 0 Å². The van der Waals surface area contributed by atoms with Gasteiger partial charge in [0.05, 0.1) is 10.6 Å². The molecule has 0 saturated heterocycles. The highest BCUT2D eigenvalue weighted by Crippen LogP contribution is 2.46. The maximum atomic E-state index is 4.76. The predicted molar refractivity (Wildman–Crippen MR) is 128 cm³/mol. The van der Waals surface area contributed by atoms with E-state index in [9.17, 15) is 0 Å². The molecule has 5 aromatic rings. The van der Waals surface area contributed by atoms with Crippen molar-refractivity contribution in [2.75, 3.05) is 0 Å². The Labute approximate surface area is 184 Å². The van der Waals surface area contributed by atoms with Crippen LogP contribution in [0.25, 0.3) is 21.3 Å². The minimum absolute atomic E-state index is 0.161. The van der Waals surface area contributed by atoms with Gasteiger partial charge in [-0.25, -0.2) is 9.97 Å². The van der Waals surface area contributed by atoms with Crippen LogP contribution in [-0.2, 0) is 0 Å². The maximum absolute atomic E-state index is 4.76. The van der Waals surface area contributed by atoms with Crippen LogP contribution in [0.2, 0.25) is 0 Å². The zero-order valence-electron chi connectivity index (χ0n) is 16.5. The smallest absolute Gasteiger partial charge is 0.128 e. The molecule has 5 rings (SSSR count). The molecule has 2 heterocycles.